The van der Waals surface area contributed by atoms with E-state index in [9.17, 15) is 9.18 Å². The van der Waals surface area contributed by atoms with E-state index in [1.165, 1.54) is 6.07 Å². The van der Waals surface area contributed by atoms with Gasteiger partial charge in [-0.3, -0.25) is 4.98 Å². The highest BCUT2D eigenvalue weighted by Crippen LogP contribution is 2.35. The first kappa shape index (κ1) is 21.8. The molecule has 3 heterocycles. The molecule has 0 radical (unpaired) electrons. The fourth-order valence-corrected chi connectivity index (χ4v) is 3.80. The minimum atomic E-state index is -0.610. The molecule has 2 aliphatic heterocycles. The van der Waals surface area contributed by atoms with E-state index in [2.05, 4.69) is 15.3 Å². The van der Waals surface area contributed by atoms with Crippen molar-refractivity contribution >= 4 is 30.0 Å². The van der Waals surface area contributed by atoms with Gasteiger partial charge in [0.05, 0.1) is 12.2 Å². The summed E-state index contributed by atoms with van der Waals surface area (Å²) in [5.41, 5.74) is 7.37. The van der Waals surface area contributed by atoms with Gasteiger partial charge in [-0.05, 0) is 37.1 Å². The van der Waals surface area contributed by atoms with Gasteiger partial charge in [-0.25, -0.2) is 14.2 Å². The first-order chi connectivity index (χ1) is 14.1. The van der Waals surface area contributed by atoms with Crippen LogP contribution in [0.2, 0.25) is 0 Å². The number of amidine groups is 1. The number of nitrogens with one attached hydrogen (secondary N) is 1. The maximum atomic E-state index is 14.0. The Morgan fingerprint density at radius 1 is 1.23 bits per heavy atom. The number of benzene rings is 1. The van der Waals surface area contributed by atoms with E-state index in [-0.39, 0.29) is 24.3 Å². The van der Waals surface area contributed by atoms with Crippen molar-refractivity contribution in [2.24, 2.45) is 10.7 Å². The molecule has 160 valence electrons. The van der Waals surface area contributed by atoms with Crippen molar-refractivity contribution in [3.8, 4) is 0 Å². The second-order valence-electron chi connectivity index (χ2n) is 7.34. The number of hydrogen-bond donors (Lipinski definition) is 2. The fraction of sp³-hybridized carbons (Fsp3) is 0.381. The van der Waals surface area contributed by atoms with Gasteiger partial charge in [0.1, 0.15) is 17.3 Å². The van der Waals surface area contributed by atoms with E-state index >= 15 is 0 Å². The predicted molar refractivity (Wildman–Crippen MR) is 115 cm³/mol. The molecule has 7 nitrogen and oxygen atoms in total. The van der Waals surface area contributed by atoms with E-state index in [1.807, 2.05) is 18.2 Å². The van der Waals surface area contributed by atoms with E-state index < -0.39 is 11.5 Å². The zero-order chi connectivity index (χ0) is 20.3. The molecule has 1 aromatic heterocycles. The Morgan fingerprint density at radius 2 is 2.03 bits per heavy atom. The van der Waals surface area contributed by atoms with Gasteiger partial charge >= 0.3 is 6.09 Å². The third-order valence-corrected chi connectivity index (χ3v) is 5.35. The second-order valence-corrected chi connectivity index (χ2v) is 7.34. The van der Waals surface area contributed by atoms with Crippen molar-refractivity contribution in [3.63, 3.8) is 0 Å². The van der Waals surface area contributed by atoms with Gasteiger partial charge < -0.3 is 20.7 Å². The van der Waals surface area contributed by atoms with E-state index in [4.69, 9.17) is 10.5 Å². The molecule has 1 amide bonds. The third kappa shape index (κ3) is 4.64. The van der Waals surface area contributed by atoms with Crippen molar-refractivity contribution in [2.45, 2.75) is 31.3 Å². The number of fused-ring (bicyclic) bond motifs is 1. The number of carbonyl (C=O) groups excluding carboxylic acids is 1. The van der Waals surface area contributed by atoms with Crippen LogP contribution in [0.15, 0.2) is 47.6 Å². The summed E-state index contributed by atoms with van der Waals surface area (Å²) in [6.45, 7) is 1.34. The highest BCUT2D eigenvalue weighted by atomic mass is 35.5. The summed E-state index contributed by atoms with van der Waals surface area (Å²) in [5.74, 6) is -0.194. The van der Waals surface area contributed by atoms with Crippen LogP contribution in [0.1, 0.15) is 30.5 Å². The second kappa shape index (κ2) is 9.30. The number of aliphatic imine (C=N–C) groups is 1. The van der Waals surface area contributed by atoms with Crippen LogP contribution in [0.5, 0.6) is 0 Å². The lowest BCUT2D eigenvalue weighted by Crippen LogP contribution is -2.52. The molecule has 2 aromatic rings. The fourth-order valence-electron chi connectivity index (χ4n) is 3.80. The van der Waals surface area contributed by atoms with E-state index in [0.717, 1.165) is 18.5 Å². The Bertz CT molecular complexity index is 917. The summed E-state index contributed by atoms with van der Waals surface area (Å²) in [7, 11) is 0. The van der Waals surface area contributed by atoms with Gasteiger partial charge in [0, 0.05) is 43.5 Å². The molecule has 0 saturated carbocycles. The van der Waals surface area contributed by atoms with Gasteiger partial charge in [0.2, 0.25) is 0 Å². The van der Waals surface area contributed by atoms with E-state index in [0.29, 0.717) is 43.8 Å². The molecule has 1 saturated heterocycles. The van der Waals surface area contributed by atoms with Crippen molar-refractivity contribution in [2.75, 3.05) is 25.0 Å². The van der Waals surface area contributed by atoms with Crippen LogP contribution < -0.4 is 11.1 Å². The Labute approximate surface area is 180 Å². The molecule has 30 heavy (non-hydrogen) atoms. The number of aromatic nitrogens is 1. The molecule has 0 unspecified atom stereocenters. The number of anilines is 1. The van der Waals surface area contributed by atoms with Crippen LogP contribution >= 0.6 is 12.4 Å². The smallest absolute Gasteiger partial charge is 0.409 e. The lowest BCUT2D eigenvalue weighted by atomic mass is 9.94. The van der Waals surface area contributed by atoms with Crippen LogP contribution in [-0.4, -0.2) is 47.2 Å². The number of rotatable bonds is 4. The standard InChI is InChI=1S/C21H24FN5O2.ClH/c22-16-7-3-8-17-18(16)19(23)26-21(25-17)9-12-27(13-10-21)20(28)29-14-4-6-15-5-1-2-11-24-15;/h1-3,5,7-8,11,25H,4,6,9-10,12-14H2,(H2,23,26);1H. The van der Waals surface area contributed by atoms with Crippen LogP contribution in [0, 0.1) is 5.82 Å². The molecule has 4 rings (SSSR count). The molecule has 0 bridgehead atoms. The summed E-state index contributed by atoms with van der Waals surface area (Å²) in [4.78, 5) is 22.8. The Kier molecular flexibility index (Phi) is 6.77. The molecule has 0 aliphatic carbocycles. The minimum Gasteiger partial charge on any atom is -0.449 e. The number of likely N-dealkylation sites (tertiary alicyclic amines) is 1. The molecule has 2 aliphatic rings. The number of piperidine rings is 1. The molecular formula is C21H25ClFN5O2. The third-order valence-electron chi connectivity index (χ3n) is 5.35. The Hall–Kier alpha value is -2.87. The summed E-state index contributed by atoms with van der Waals surface area (Å²) in [5, 5.41) is 3.32. The summed E-state index contributed by atoms with van der Waals surface area (Å²) >= 11 is 0. The number of ether oxygens (including phenoxy) is 1. The molecule has 3 N–H and O–H groups in total. The molecular weight excluding hydrogens is 409 g/mol. The average molecular weight is 434 g/mol. The normalized spacial score (nSPS) is 16.7. The number of nitrogens with two attached hydrogens (primary N) is 1. The van der Waals surface area contributed by atoms with Crippen molar-refractivity contribution < 1.29 is 13.9 Å². The topological polar surface area (TPSA) is 92.8 Å². The van der Waals surface area contributed by atoms with Crippen LogP contribution in [0.4, 0.5) is 14.9 Å². The quantitative estimate of drug-likeness (QED) is 0.721. The summed E-state index contributed by atoms with van der Waals surface area (Å²) in [6.07, 6.45) is 4.09. The van der Waals surface area contributed by atoms with Gasteiger partial charge in [0.15, 0.2) is 0 Å². The van der Waals surface area contributed by atoms with Gasteiger partial charge in [-0.1, -0.05) is 12.1 Å². The van der Waals surface area contributed by atoms with Gasteiger partial charge in [0.25, 0.3) is 0 Å². The summed E-state index contributed by atoms with van der Waals surface area (Å²) in [6, 6.07) is 10.6. The number of carbonyl (C=O) groups is 1. The number of aryl methyl sites for hydroxylation is 1. The first-order valence-electron chi connectivity index (χ1n) is 9.80. The Morgan fingerprint density at radius 3 is 2.77 bits per heavy atom. The summed E-state index contributed by atoms with van der Waals surface area (Å²) < 4.78 is 19.4. The lowest BCUT2D eigenvalue weighted by molar-refractivity contribution is 0.0857. The molecule has 1 aromatic carbocycles. The van der Waals surface area contributed by atoms with Crippen molar-refractivity contribution in [1.29, 1.82) is 0 Å². The monoisotopic (exact) mass is 433 g/mol. The minimum absolute atomic E-state index is 0. The first-order valence-corrected chi connectivity index (χ1v) is 9.80. The zero-order valence-corrected chi connectivity index (χ0v) is 17.3. The Balaban J connectivity index is 0.00000256. The van der Waals surface area contributed by atoms with Crippen LogP contribution in [0.3, 0.4) is 0 Å². The van der Waals surface area contributed by atoms with Crippen molar-refractivity contribution in [1.82, 2.24) is 9.88 Å². The van der Waals surface area contributed by atoms with Crippen LogP contribution in [-0.2, 0) is 11.2 Å². The number of amides is 1. The van der Waals surface area contributed by atoms with Gasteiger partial charge in [-0.2, -0.15) is 0 Å². The molecule has 0 atom stereocenters. The highest BCUT2D eigenvalue weighted by molar-refractivity contribution is 6.04. The highest BCUT2D eigenvalue weighted by Gasteiger charge is 2.39. The SMILES string of the molecule is Cl.NC1=NC2(CCN(C(=O)OCCCc3ccccn3)CC2)Nc2cccc(F)c21. The number of pyridine rings is 1. The average Bonchev–Trinajstić information content (AvgIpc) is 2.72. The number of halogens is 2. The van der Waals surface area contributed by atoms with Crippen LogP contribution in [0.25, 0.3) is 0 Å². The largest absolute Gasteiger partial charge is 0.449 e. The molecule has 1 fully saturated rings. The van der Waals surface area contributed by atoms with Crippen molar-refractivity contribution in [3.05, 3.63) is 59.7 Å². The number of nitrogens with zero attached hydrogens (tertiary/aromatic N) is 3. The van der Waals surface area contributed by atoms with E-state index in [1.54, 1.807) is 23.2 Å². The maximum absolute atomic E-state index is 14.0. The molecule has 1 spiro atoms. The molecule has 9 heteroatoms. The zero-order valence-electron chi connectivity index (χ0n) is 16.5. The number of hydrogen-bond acceptors (Lipinski definition) is 6. The predicted octanol–water partition coefficient (Wildman–Crippen LogP) is 3.33. The lowest BCUT2D eigenvalue weighted by Gasteiger charge is -2.42. The van der Waals surface area contributed by atoms with Gasteiger partial charge in [-0.15, -0.1) is 12.4 Å². The maximum Gasteiger partial charge on any atom is 0.409 e.